The third-order valence-electron chi connectivity index (χ3n) is 3.91. The van der Waals surface area contributed by atoms with Gasteiger partial charge in [0.05, 0.1) is 21.3 Å². The maximum absolute atomic E-state index is 12.2. The Morgan fingerprint density at radius 2 is 1.55 bits per heavy atom. The highest BCUT2D eigenvalue weighted by atomic mass is 79.9. The lowest BCUT2D eigenvalue weighted by atomic mass is 10.1. The molecule has 1 atom stereocenters. The van der Waals surface area contributed by atoms with Crippen molar-refractivity contribution in [2.24, 2.45) is 0 Å². The summed E-state index contributed by atoms with van der Waals surface area (Å²) in [5.74, 6) is 0.386. The van der Waals surface area contributed by atoms with Crippen molar-refractivity contribution in [3.8, 4) is 17.2 Å². The van der Waals surface area contributed by atoms with Gasteiger partial charge in [0.25, 0.3) is 5.91 Å². The predicted octanol–water partition coefficient (Wildman–Crippen LogP) is 4.06. The van der Waals surface area contributed by atoms with Crippen LogP contribution in [0, 0.1) is 0 Å². The number of hydrogen-bond acceptors (Lipinski definition) is 6. The van der Waals surface area contributed by atoms with Crippen molar-refractivity contribution in [3.63, 3.8) is 0 Å². The van der Waals surface area contributed by atoms with Crippen LogP contribution >= 0.6 is 15.9 Å². The first-order valence-corrected chi connectivity index (χ1v) is 9.42. The molecule has 0 aromatic heterocycles. The standard InChI is InChI=1S/C21H22BrNO6/c1-13(21(25)23-16-8-6-15(22)7-9-16)29-20(24)10-5-14-11-18(27-3)19(28-4)12-17(14)26-2/h5-13H,1-4H3,(H,23,25)/b10-5+. The molecular formula is C21H22BrNO6. The molecular weight excluding hydrogens is 442 g/mol. The Bertz CT molecular complexity index is 895. The fraction of sp³-hybridized carbons (Fsp3) is 0.238. The SMILES string of the molecule is COc1cc(OC)c(OC)cc1/C=C/C(=O)OC(C)C(=O)Nc1ccc(Br)cc1. The summed E-state index contributed by atoms with van der Waals surface area (Å²) in [6.07, 6.45) is 1.76. The number of rotatable bonds is 8. The van der Waals surface area contributed by atoms with E-state index >= 15 is 0 Å². The van der Waals surface area contributed by atoms with Gasteiger partial charge in [-0.05, 0) is 43.3 Å². The molecule has 0 fully saturated rings. The van der Waals surface area contributed by atoms with E-state index in [1.165, 1.54) is 40.4 Å². The van der Waals surface area contributed by atoms with Crippen molar-refractivity contribution >= 4 is 39.6 Å². The molecule has 7 nitrogen and oxygen atoms in total. The van der Waals surface area contributed by atoms with Gasteiger partial charge in [-0.2, -0.15) is 0 Å². The number of halogens is 1. The van der Waals surface area contributed by atoms with Gasteiger partial charge in [-0.3, -0.25) is 4.79 Å². The topological polar surface area (TPSA) is 83.1 Å². The number of amides is 1. The van der Waals surface area contributed by atoms with Crippen LogP contribution in [0.2, 0.25) is 0 Å². The van der Waals surface area contributed by atoms with Crippen molar-refractivity contribution in [1.82, 2.24) is 0 Å². The Morgan fingerprint density at radius 1 is 0.966 bits per heavy atom. The molecule has 0 aliphatic heterocycles. The molecule has 1 N–H and O–H groups in total. The third-order valence-corrected chi connectivity index (χ3v) is 4.44. The van der Waals surface area contributed by atoms with Crippen molar-refractivity contribution in [2.45, 2.75) is 13.0 Å². The quantitative estimate of drug-likeness (QED) is 0.469. The third kappa shape index (κ3) is 6.25. The van der Waals surface area contributed by atoms with E-state index in [1.807, 2.05) is 0 Å². The van der Waals surface area contributed by atoms with Crippen LogP contribution in [0.25, 0.3) is 6.08 Å². The van der Waals surface area contributed by atoms with Gasteiger partial charge < -0.3 is 24.3 Å². The molecule has 0 aliphatic carbocycles. The Labute approximate surface area is 177 Å². The summed E-state index contributed by atoms with van der Waals surface area (Å²) in [6, 6.07) is 10.4. The Morgan fingerprint density at radius 3 is 2.14 bits per heavy atom. The largest absolute Gasteiger partial charge is 0.496 e. The van der Waals surface area contributed by atoms with Gasteiger partial charge in [0.1, 0.15) is 5.75 Å². The second kappa shape index (κ2) is 10.5. The van der Waals surface area contributed by atoms with E-state index in [9.17, 15) is 9.59 Å². The van der Waals surface area contributed by atoms with Gasteiger partial charge in [0.15, 0.2) is 17.6 Å². The normalized spacial score (nSPS) is 11.6. The summed E-state index contributed by atoms with van der Waals surface area (Å²) in [7, 11) is 4.54. The van der Waals surface area contributed by atoms with Crippen molar-refractivity contribution in [2.75, 3.05) is 26.6 Å². The molecule has 0 radical (unpaired) electrons. The first kappa shape index (κ1) is 22.3. The lowest BCUT2D eigenvalue weighted by molar-refractivity contribution is -0.148. The monoisotopic (exact) mass is 463 g/mol. The first-order chi connectivity index (χ1) is 13.9. The van der Waals surface area contributed by atoms with Gasteiger partial charge in [-0.1, -0.05) is 15.9 Å². The molecule has 2 aromatic carbocycles. The molecule has 154 valence electrons. The van der Waals surface area contributed by atoms with Crippen LogP contribution in [0.5, 0.6) is 17.2 Å². The minimum Gasteiger partial charge on any atom is -0.496 e. The van der Waals surface area contributed by atoms with Crippen molar-refractivity contribution in [1.29, 1.82) is 0 Å². The summed E-state index contributed by atoms with van der Waals surface area (Å²) in [4.78, 5) is 24.3. The first-order valence-electron chi connectivity index (χ1n) is 8.63. The van der Waals surface area contributed by atoms with Crippen LogP contribution < -0.4 is 19.5 Å². The average molecular weight is 464 g/mol. The summed E-state index contributed by atoms with van der Waals surface area (Å²) in [6.45, 7) is 1.50. The Hall–Kier alpha value is -3.00. The minimum atomic E-state index is -0.969. The van der Waals surface area contributed by atoms with E-state index < -0.39 is 18.0 Å². The summed E-state index contributed by atoms with van der Waals surface area (Å²) in [5.41, 5.74) is 1.20. The number of carbonyl (C=O) groups is 2. The fourth-order valence-electron chi connectivity index (χ4n) is 2.39. The van der Waals surface area contributed by atoms with Gasteiger partial charge in [-0.15, -0.1) is 0 Å². The zero-order valence-electron chi connectivity index (χ0n) is 16.5. The van der Waals surface area contributed by atoms with Crippen LogP contribution in [0.1, 0.15) is 12.5 Å². The zero-order chi connectivity index (χ0) is 21.4. The minimum absolute atomic E-state index is 0.433. The van der Waals surface area contributed by atoms with Crippen LogP contribution in [-0.2, 0) is 14.3 Å². The molecule has 0 spiro atoms. The van der Waals surface area contributed by atoms with E-state index in [-0.39, 0.29) is 0 Å². The van der Waals surface area contributed by atoms with Crippen LogP contribution in [0.4, 0.5) is 5.69 Å². The number of methoxy groups -OCH3 is 3. The molecule has 0 saturated carbocycles. The summed E-state index contributed by atoms with van der Waals surface area (Å²) in [5, 5.41) is 2.68. The molecule has 2 aromatic rings. The average Bonchev–Trinajstić information content (AvgIpc) is 2.72. The van der Waals surface area contributed by atoms with E-state index in [4.69, 9.17) is 18.9 Å². The number of benzene rings is 2. The molecule has 8 heteroatoms. The second-order valence-corrected chi connectivity index (χ2v) is 6.77. The van der Waals surface area contributed by atoms with E-state index in [2.05, 4.69) is 21.2 Å². The highest BCUT2D eigenvalue weighted by molar-refractivity contribution is 9.10. The molecule has 1 amide bonds. The number of nitrogens with one attached hydrogen (secondary N) is 1. The Kier molecular flexibility index (Phi) is 8.09. The van der Waals surface area contributed by atoms with Crippen LogP contribution in [-0.4, -0.2) is 39.3 Å². The lowest BCUT2D eigenvalue weighted by Crippen LogP contribution is -2.29. The molecule has 1 unspecified atom stereocenters. The van der Waals surface area contributed by atoms with Gasteiger partial charge in [0, 0.05) is 27.9 Å². The number of hydrogen-bond donors (Lipinski definition) is 1. The summed E-state index contributed by atoms with van der Waals surface area (Å²) < 4.78 is 21.8. The zero-order valence-corrected chi connectivity index (χ0v) is 18.1. The van der Waals surface area contributed by atoms with Gasteiger partial charge in [-0.25, -0.2) is 4.79 Å². The number of carbonyl (C=O) groups excluding carboxylic acids is 2. The van der Waals surface area contributed by atoms with E-state index in [0.29, 0.717) is 28.5 Å². The van der Waals surface area contributed by atoms with Crippen molar-refractivity contribution < 1.29 is 28.5 Å². The fourth-order valence-corrected chi connectivity index (χ4v) is 2.65. The van der Waals surface area contributed by atoms with Crippen molar-refractivity contribution in [3.05, 3.63) is 52.5 Å². The predicted molar refractivity (Wildman–Crippen MR) is 113 cm³/mol. The van der Waals surface area contributed by atoms with E-state index in [0.717, 1.165) is 4.47 Å². The Balaban J connectivity index is 2.03. The summed E-state index contributed by atoms with van der Waals surface area (Å²) >= 11 is 3.32. The van der Waals surface area contributed by atoms with Gasteiger partial charge in [0.2, 0.25) is 0 Å². The van der Waals surface area contributed by atoms with Crippen LogP contribution in [0.15, 0.2) is 46.9 Å². The molecule has 0 aliphatic rings. The number of ether oxygens (including phenoxy) is 4. The second-order valence-electron chi connectivity index (χ2n) is 5.86. The van der Waals surface area contributed by atoms with E-state index in [1.54, 1.807) is 36.4 Å². The maximum atomic E-state index is 12.2. The highest BCUT2D eigenvalue weighted by Gasteiger charge is 2.17. The molecule has 0 heterocycles. The van der Waals surface area contributed by atoms with Crippen LogP contribution in [0.3, 0.4) is 0 Å². The highest BCUT2D eigenvalue weighted by Crippen LogP contribution is 2.35. The van der Waals surface area contributed by atoms with Gasteiger partial charge >= 0.3 is 5.97 Å². The smallest absolute Gasteiger partial charge is 0.331 e. The maximum Gasteiger partial charge on any atom is 0.331 e. The molecule has 0 bridgehead atoms. The lowest BCUT2D eigenvalue weighted by Gasteiger charge is -2.13. The molecule has 29 heavy (non-hydrogen) atoms. The molecule has 0 saturated heterocycles. The number of esters is 1. The molecule has 2 rings (SSSR count). The number of anilines is 1.